The minimum Gasteiger partial charge on any atom is -0.379 e. The van der Waals surface area contributed by atoms with Crippen molar-refractivity contribution in [2.24, 2.45) is 4.99 Å². The summed E-state index contributed by atoms with van der Waals surface area (Å²) in [4.78, 5) is 20.3. The van der Waals surface area contributed by atoms with Crippen molar-refractivity contribution in [2.75, 3.05) is 54.0 Å². The Hall–Kier alpha value is -2.12. The van der Waals surface area contributed by atoms with Crippen LogP contribution in [0.25, 0.3) is 0 Å². The molecule has 1 saturated heterocycles. The standard InChI is InChI=1S/C20H33N5O2/c1-20(2,25-10-12-27-13-11-25)15-23-19(21-3)22-14-16-6-8-17(9-7-16)18(26)24(4)5/h6-9H,10-15H2,1-5H3,(H2,21,22,23). The second kappa shape index (κ2) is 9.71. The van der Waals surface area contributed by atoms with Gasteiger partial charge in [-0.2, -0.15) is 0 Å². The molecule has 0 atom stereocenters. The van der Waals surface area contributed by atoms with E-state index in [0.717, 1.165) is 44.4 Å². The summed E-state index contributed by atoms with van der Waals surface area (Å²) in [6, 6.07) is 7.65. The van der Waals surface area contributed by atoms with Crippen molar-refractivity contribution in [2.45, 2.75) is 25.9 Å². The van der Waals surface area contributed by atoms with E-state index in [2.05, 4.69) is 34.4 Å². The van der Waals surface area contributed by atoms with Gasteiger partial charge in [0, 0.05) is 58.4 Å². The van der Waals surface area contributed by atoms with Gasteiger partial charge in [0.15, 0.2) is 5.96 Å². The molecule has 2 rings (SSSR count). The molecule has 150 valence electrons. The fourth-order valence-corrected chi connectivity index (χ4v) is 3.01. The number of hydrogen-bond acceptors (Lipinski definition) is 4. The number of hydrogen-bond donors (Lipinski definition) is 2. The molecule has 0 aromatic heterocycles. The first-order valence-electron chi connectivity index (χ1n) is 9.41. The summed E-state index contributed by atoms with van der Waals surface area (Å²) in [6.07, 6.45) is 0. The van der Waals surface area contributed by atoms with Crippen molar-refractivity contribution < 1.29 is 9.53 Å². The van der Waals surface area contributed by atoms with Crippen LogP contribution in [-0.4, -0.2) is 81.2 Å². The minimum absolute atomic E-state index is 0.0114. The Morgan fingerprint density at radius 2 is 1.81 bits per heavy atom. The summed E-state index contributed by atoms with van der Waals surface area (Å²) in [5, 5.41) is 6.75. The number of carbonyl (C=O) groups excluding carboxylic acids is 1. The second-order valence-electron chi connectivity index (χ2n) is 7.59. The van der Waals surface area contributed by atoms with Gasteiger partial charge in [-0.3, -0.25) is 14.7 Å². The van der Waals surface area contributed by atoms with Crippen LogP contribution in [0.15, 0.2) is 29.3 Å². The minimum atomic E-state index is 0.0114. The van der Waals surface area contributed by atoms with Gasteiger partial charge in [-0.05, 0) is 31.5 Å². The zero-order valence-corrected chi connectivity index (χ0v) is 17.2. The number of nitrogens with zero attached hydrogens (tertiary/aromatic N) is 3. The molecular weight excluding hydrogens is 342 g/mol. The van der Waals surface area contributed by atoms with Gasteiger partial charge in [0.2, 0.25) is 0 Å². The van der Waals surface area contributed by atoms with Crippen LogP contribution >= 0.6 is 0 Å². The maximum atomic E-state index is 11.9. The van der Waals surface area contributed by atoms with Crippen molar-refractivity contribution in [3.8, 4) is 0 Å². The van der Waals surface area contributed by atoms with Gasteiger partial charge in [-0.25, -0.2) is 0 Å². The zero-order valence-electron chi connectivity index (χ0n) is 17.2. The Morgan fingerprint density at radius 3 is 2.37 bits per heavy atom. The van der Waals surface area contributed by atoms with E-state index in [4.69, 9.17) is 4.74 Å². The summed E-state index contributed by atoms with van der Waals surface area (Å²) in [5.41, 5.74) is 1.81. The molecule has 7 heteroatoms. The molecule has 1 aromatic rings. The normalized spacial score (nSPS) is 16.1. The average molecular weight is 376 g/mol. The number of amides is 1. The lowest BCUT2D eigenvalue weighted by atomic mass is 10.0. The first-order chi connectivity index (χ1) is 12.8. The Balaban J connectivity index is 1.84. The largest absolute Gasteiger partial charge is 0.379 e. The molecule has 0 saturated carbocycles. The molecule has 0 unspecified atom stereocenters. The van der Waals surface area contributed by atoms with Crippen molar-refractivity contribution in [1.82, 2.24) is 20.4 Å². The van der Waals surface area contributed by atoms with Gasteiger partial charge in [-0.1, -0.05) is 12.1 Å². The van der Waals surface area contributed by atoms with Crippen LogP contribution in [0.3, 0.4) is 0 Å². The molecule has 0 spiro atoms. The Morgan fingerprint density at radius 1 is 1.19 bits per heavy atom. The van der Waals surface area contributed by atoms with E-state index in [1.54, 1.807) is 26.0 Å². The highest BCUT2D eigenvalue weighted by Crippen LogP contribution is 2.15. The van der Waals surface area contributed by atoms with Crippen LogP contribution < -0.4 is 10.6 Å². The smallest absolute Gasteiger partial charge is 0.253 e. The van der Waals surface area contributed by atoms with E-state index < -0.39 is 0 Å². The lowest BCUT2D eigenvalue weighted by molar-refractivity contribution is -0.00834. The van der Waals surface area contributed by atoms with Crippen molar-refractivity contribution in [3.05, 3.63) is 35.4 Å². The number of rotatable bonds is 6. The van der Waals surface area contributed by atoms with Crippen molar-refractivity contribution in [3.63, 3.8) is 0 Å². The number of aliphatic imine (C=N–C) groups is 1. The quantitative estimate of drug-likeness (QED) is 0.577. The molecule has 0 aliphatic carbocycles. The van der Waals surface area contributed by atoms with Crippen LogP contribution in [0.5, 0.6) is 0 Å². The van der Waals surface area contributed by atoms with E-state index in [-0.39, 0.29) is 11.4 Å². The molecule has 1 fully saturated rings. The average Bonchev–Trinajstić information content (AvgIpc) is 2.68. The van der Waals surface area contributed by atoms with Gasteiger partial charge in [0.25, 0.3) is 5.91 Å². The first kappa shape index (κ1) is 21.2. The lowest BCUT2D eigenvalue weighted by Gasteiger charge is -2.41. The summed E-state index contributed by atoms with van der Waals surface area (Å²) in [7, 11) is 5.29. The molecule has 1 heterocycles. The molecule has 1 aliphatic heterocycles. The number of ether oxygens (including phenoxy) is 1. The maximum Gasteiger partial charge on any atom is 0.253 e. The highest BCUT2D eigenvalue weighted by molar-refractivity contribution is 5.93. The fourth-order valence-electron chi connectivity index (χ4n) is 3.01. The predicted octanol–water partition coefficient (Wildman–Crippen LogP) is 1.16. The fraction of sp³-hybridized carbons (Fsp3) is 0.600. The lowest BCUT2D eigenvalue weighted by Crippen LogP contribution is -2.56. The number of carbonyl (C=O) groups is 1. The van der Waals surface area contributed by atoms with E-state index in [9.17, 15) is 4.79 Å². The van der Waals surface area contributed by atoms with Crippen molar-refractivity contribution in [1.29, 1.82) is 0 Å². The number of benzene rings is 1. The van der Waals surface area contributed by atoms with Gasteiger partial charge in [0.1, 0.15) is 0 Å². The third-order valence-corrected chi connectivity index (χ3v) is 4.85. The molecule has 0 bridgehead atoms. The monoisotopic (exact) mass is 375 g/mol. The van der Waals surface area contributed by atoms with Crippen LogP contribution in [0.4, 0.5) is 0 Å². The third kappa shape index (κ3) is 6.22. The molecule has 1 aliphatic rings. The van der Waals surface area contributed by atoms with Crippen LogP contribution in [0.1, 0.15) is 29.8 Å². The van der Waals surface area contributed by atoms with Gasteiger partial charge >= 0.3 is 0 Å². The summed E-state index contributed by atoms with van der Waals surface area (Å²) < 4.78 is 5.44. The molecule has 1 aromatic carbocycles. The van der Waals surface area contributed by atoms with Crippen LogP contribution in [0, 0.1) is 0 Å². The number of nitrogens with one attached hydrogen (secondary N) is 2. The highest BCUT2D eigenvalue weighted by atomic mass is 16.5. The zero-order chi connectivity index (χ0) is 19.9. The summed E-state index contributed by atoms with van der Waals surface area (Å²) in [6.45, 7) is 9.41. The van der Waals surface area contributed by atoms with Crippen LogP contribution in [0.2, 0.25) is 0 Å². The van der Waals surface area contributed by atoms with E-state index in [1.165, 1.54) is 0 Å². The number of morpholine rings is 1. The Kier molecular flexibility index (Phi) is 7.62. The summed E-state index contributed by atoms with van der Waals surface area (Å²) >= 11 is 0. The molecule has 7 nitrogen and oxygen atoms in total. The molecule has 2 N–H and O–H groups in total. The van der Waals surface area contributed by atoms with E-state index in [1.807, 2.05) is 24.3 Å². The van der Waals surface area contributed by atoms with Crippen molar-refractivity contribution >= 4 is 11.9 Å². The Bertz CT molecular complexity index is 634. The second-order valence-corrected chi connectivity index (χ2v) is 7.59. The van der Waals surface area contributed by atoms with E-state index >= 15 is 0 Å². The number of guanidine groups is 1. The molecular formula is C20H33N5O2. The first-order valence-corrected chi connectivity index (χ1v) is 9.41. The highest BCUT2D eigenvalue weighted by Gasteiger charge is 2.28. The molecule has 27 heavy (non-hydrogen) atoms. The SMILES string of the molecule is CN=C(NCc1ccc(C(=O)N(C)C)cc1)NCC(C)(C)N1CCOCC1. The summed E-state index contributed by atoms with van der Waals surface area (Å²) in [5.74, 6) is 0.780. The Labute approximate surface area is 162 Å². The van der Waals surface area contributed by atoms with Gasteiger partial charge < -0.3 is 20.3 Å². The third-order valence-electron chi connectivity index (χ3n) is 4.85. The van der Waals surface area contributed by atoms with E-state index in [0.29, 0.717) is 12.1 Å². The van der Waals surface area contributed by atoms with Gasteiger partial charge in [-0.15, -0.1) is 0 Å². The van der Waals surface area contributed by atoms with Gasteiger partial charge in [0.05, 0.1) is 13.2 Å². The molecule has 1 amide bonds. The maximum absolute atomic E-state index is 11.9. The molecule has 0 radical (unpaired) electrons. The van der Waals surface area contributed by atoms with Crippen LogP contribution in [-0.2, 0) is 11.3 Å². The topological polar surface area (TPSA) is 69.2 Å². The predicted molar refractivity (Wildman–Crippen MR) is 109 cm³/mol.